The molecule has 3 heterocycles. The van der Waals surface area contributed by atoms with Gasteiger partial charge >= 0.3 is 0 Å². The Labute approximate surface area is 561 Å². The lowest BCUT2D eigenvalue weighted by Crippen LogP contribution is -2.66. The van der Waals surface area contributed by atoms with Crippen molar-refractivity contribution in [3.8, 4) is 0 Å². The minimum Gasteiger partial charge on any atom is -0.394 e. The molecule has 3 aliphatic rings. The zero-order valence-electron chi connectivity index (χ0n) is 58.0. The maximum Gasteiger partial charge on any atom is 0.220 e. The van der Waals surface area contributed by atoms with Crippen LogP contribution in [0.15, 0.2) is 36.5 Å². The summed E-state index contributed by atoms with van der Waals surface area (Å²) in [7, 11) is 0. The molecule has 0 aromatic heterocycles. The van der Waals surface area contributed by atoms with E-state index in [0.29, 0.717) is 12.8 Å². The van der Waals surface area contributed by atoms with Gasteiger partial charge in [-0.1, -0.05) is 269 Å². The minimum absolute atomic E-state index is 0.234. The van der Waals surface area contributed by atoms with Crippen molar-refractivity contribution in [2.24, 2.45) is 0 Å². The molecule has 0 aromatic rings. The average molecular weight is 1330 g/mol. The number of carbonyl (C=O) groups excluding carboxylic acids is 1. The topological polar surface area (TPSA) is 307 Å². The van der Waals surface area contributed by atoms with Gasteiger partial charge in [0.05, 0.1) is 38.6 Å². The summed E-state index contributed by atoms with van der Waals surface area (Å²) in [6.45, 7) is 1.75. The third-order valence-electron chi connectivity index (χ3n) is 18.9. The van der Waals surface area contributed by atoms with E-state index in [1.165, 1.54) is 212 Å². The van der Waals surface area contributed by atoms with Crippen molar-refractivity contribution in [3.05, 3.63) is 36.5 Å². The highest BCUT2D eigenvalue weighted by atomic mass is 16.8. The molecular weight excluding hydrogens is 1190 g/mol. The van der Waals surface area contributed by atoms with Crippen molar-refractivity contribution in [2.75, 3.05) is 26.4 Å². The van der Waals surface area contributed by atoms with Gasteiger partial charge in [0.2, 0.25) is 5.91 Å². The van der Waals surface area contributed by atoms with Gasteiger partial charge < -0.3 is 89.9 Å². The summed E-state index contributed by atoms with van der Waals surface area (Å²) in [6.07, 6.45) is 39.9. The Bertz CT molecular complexity index is 1830. The van der Waals surface area contributed by atoms with Crippen LogP contribution in [0.2, 0.25) is 0 Å². The fourth-order valence-corrected chi connectivity index (χ4v) is 12.8. The predicted molar refractivity (Wildman–Crippen MR) is 365 cm³/mol. The van der Waals surface area contributed by atoms with E-state index < -0.39 is 124 Å². The molecule has 19 heteroatoms. The van der Waals surface area contributed by atoms with Crippen LogP contribution in [-0.2, 0) is 33.2 Å². The van der Waals surface area contributed by atoms with Gasteiger partial charge in [0, 0.05) is 6.42 Å². The molecule has 0 aromatic carbocycles. The van der Waals surface area contributed by atoms with Gasteiger partial charge in [-0.05, 0) is 57.8 Å². The number of rotatable bonds is 59. The van der Waals surface area contributed by atoms with Crippen LogP contribution in [0.5, 0.6) is 0 Å². The first-order valence-corrected chi connectivity index (χ1v) is 37.7. The molecule has 0 spiro atoms. The number of carbonyl (C=O) groups is 1. The Balaban J connectivity index is 1.41. The molecule has 0 bridgehead atoms. The third-order valence-corrected chi connectivity index (χ3v) is 18.9. The van der Waals surface area contributed by atoms with Gasteiger partial charge in [0.25, 0.3) is 0 Å². The van der Waals surface area contributed by atoms with Crippen LogP contribution in [0, 0.1) is 0 Å². The Morgan fingerprint density at radius 2 is 0.688 bits per heavy atom. The highest BCUT2D eigenvalue weighted by Crippen LogP contribution is 2.33. The zero-order valence-corrected chi connectivity index (χ0v) is 58.0. The number of nitrogens with one attached hydrogen (secondary N) is 1. The molecule has 3 aliphatic heterocycles. The van der Waals surface area contributed by atoms with Gasteiger partial charge in [-0.2, -0.15) is 0 Å². The van der Waals surface area contributed by atoms with E-state index in [0.717, 1.165) is 51.4 Å². The SMILES string of the molecule is CCCCCCCC/C=C\CCCCCCCCCCCC(=O)NC(COC1OC(CO)C(OC2OC(CO)C(OC3OC(CO)C(O)C(O)C3O)C(O)C2O)C(O)C1O)C(O)/C=C/CC/C=C/CCCCCCCCCCCCCCCCCCCCCCCCC. The third kappa shape index (κ3) is 37.1. The van der Waals surface area contributed by atoms with Crippen molar-refractivity contribution in [1.29, 1.82) is 0 Å². The smallest absolute Gasteiger partial charge is 0.220 e. The van der Waals surface area contributed by atoms with Crippen LogP contribution in [0.3, 0.4) is 0 Å². The molecule has 19 nitrogen and oxygen atoms in total. The van der Waals surface area contributed by atoms with Crippen LogP contribution in [0.1, 0.15) is 296 Å². The van der Waals surface area contributed by atoms with Crippen LogP contribution in [0.4, 0.5) is 0 Å². The standard InChI is InChI=1S/C74H137NO18/c1-3-5-7-9-11-13-15-17-19-21-23-24-25-26-27-28-29-30-31-32-34-35-37-39-41-43-45-47-49-51-58(79)57(75-62(80)52-50-48-46-44-42-40-38-36-33-22-20-18-16-14-12-10-8-6-4-2)56-88-72-68(86)65(83)70(60(54-77)90-72)93-74-69(87)66(84)71(61(55-78)91-74)92-73-67(85)64(82)63(81)59(53-76)89-73/h18,20,41,43,49,51,57-61,63-74,76-79,81-87H,3-17,19,21-40,42,44-48,50,52-56H2,1-2H3,(H,75,80)/b20-18-,43-41+,51-49+. The first-order valence-electron chi connectivity index (χ1n) is 37.7. The van der Waals surface area contributed by atoms with Gasteiger partial charge in [-0.15, -0.1) is 0 Å². The number of hydrogen-bond acceptors (Lipinski definition) is 18. The van der Waals surface area contributed by atoms with E-state index in [2.05, 4.69) is 43.5 Å². The number of ether oxygens (including phenoxy) is 6. The quantitative estimate of drug-likeness (QED) is 0.0199. The maximum atomic E-state index is 13.4. The van der Waals surface area contributed by atoms with Crippen LogP contribution >= 0.6 is 0 Å². The summed E-state index contributed by atoms with van der Waals surface area (Å²) in [5, 5.41) is 121. The maximum absolute atomic E-state index is 13.4. The molecule has 546 valence electrons. The van der Waals surface area contributed by atoms with E-state index >= 15 is 0 Å². The van der Waals surface area contributed by atoms with Crippen molar-refractivity contribution < 1.29 is 89.4 Å². The molecule has 0 radical (unpaired) electrons. The fourth-order valence-electron chi connectivity index (χ4n) is 12.8. The largest absolute Gasteiger partial charge is 0.394 e. The second-order valence-electron chi connectivity index (χ2n) is 27.1. The Kier molecular flexibility index (Phi) is 51.2. The van der Waals surface area contributed by atoms with Crippen LogP contribution < -0.4 is 5.32 Å². The Morgan fingerprint density at radius 1 is 0.376 bits per heavy atom. The summed E-state index contributed by atoms with van der Waals surface area (Å²) in [5.74, 6) is -0.285. The van der Waals surface area contributed by atoms with Gasteiger partial charge in [0.1, 0.15) is 73.2 Å². The molecule has 0 aliphatic carbocycles. The molecule has 1 amide bonds. The highest BCUT2D eigenvalue weighted by molar-refractivity contribution is 5.76. The summed E-state index contributed by atoms with van der Waals surface area (Å²) in [5.41, 5.74) is 0. The number of unbranched alkanes of at least 4 members (excludes halogenated alkanes) is 39. The fraction of sp³-hybridized carbons (Fsp3) is 0.905. The lowest BCUT2D eigenvalue weighted by Gasteiger charge is -2.48. The zero-order chi connectivity index (χ0) is 67.5. The number of amides is 1. The molecule has 12 N–H and O–H groups in total. The predicted octanol–water partition coefficient (Wildman–Crippen LogP) is 11.2. The van der Waals surface area contributed by atoms with Crippen LogP contribution in [-0.4, -0.2) is 193 Å². The number of hydrogen-bond donors (Lipinski definition) is 12. The summed E-state index contributed by atoms with van der Waals surface area (Å²) in [4.78, 5) is 13.4. The van der Waals surface area contributed by atoms with E-state index in [4.69, 9.17) is 28.4 Å². The van der Waals surface area contributed by atoms with Crippen LogP contribution in [0.25, 0.3) is 0 Å². The lowest BCUT2D eigenvalue weighted by atomic mass is 9.96. The Morgan fingerprint density at radius 3 is 1.08 bits per heavy atom. The second kappa shape index (κ2) is 55.8. The van der Waals surface area contributed by atoms with Crippen molar-refractivity contribution in [1.82, 2.24) is 5.32 Å². The van der Waals surface area contributed by atoms with Gasteiger partial charge in [0.15, 0.2) is 18.9 Å². The molecule has 17 atom stereocenters. The number of aliphatic hydroxyl groups is 11. The second-order valence-corrected chi connectivity index (χ2v) is 27.1. The molecule has 0 saturated carbocycles. The van der Waals surface area contributed by atoms with Gasteiger partial charge in [-0.3, -0.25) is 4.79 Å². The minimum atomic E-state index is -1.98. The van der Waals surface area contributed by atoms with E-state index in [1.54, 1.807) is 6.08 Å². The molecule has 17 unspecified atom stereocenters. The molecule has 93 heavy (non-hydrogen) atoms. The summed E-state index contributed by atoms with van der Waals surface area (Å²) in [6, 6.07) is -0.991. The average Bonchev–Trinajstić information content (AvgIpc) is 0.985. The normalized spacial score (nSPS) is 27.7. The van der Waals surface area contributed by atoms with Gasteiger partial charge in [-0.25, -0.2) is 0 Å². The summed E-state index contributed by atoms with van der Waals surface area (Å²) < 4.78 is 34.4. The lowest BCUT2D eigenvalue weighted by molar-refractivity contribution is -0.379. The van der Waals surface area contributed by atoms with E-state index in [1.807, 2.05) is 6.08 Å². The summed E-state index contributed by atoms with van der Waals surface area (Å²) >= 11 is 0. The van der Waals surface area contributed by atoms with Crippen molar-refractivity contribution in [3.63, 3.8) is 0 Å². The van der Waals surface area contributed by atoms with E-state index in [9.17, 15) is 61.0 Å². The van der Waals surface area contributed by atoms with E-state index in [-0.39, 0.29) is 18.9 Å². The van der Waals surface area contributed by atoms with Crippen molar-refractivity contribution in [2.45, 2.75) is 401 Å². The monoisotopic (exact) mass is 1330 g/mol. The van der Waals surface area contributed by atoms with Crippen molar-refractivity contribution >= 4 is 5.91 Å². The Hall–Kier alpha value is -1.99. The first-order chi connectivity index (χ1) is 45.3. The highest BCUT2D eigenvalue weighted by Gasteiger charge is 2.53. The first kappa shape index (κ1) is 85.2. The number of allylic oxidation sites excluding steroid dienone is 5. The molecule has 3 fully saturated rings. The number of aliphatic hydroxyl groups excluding tert-OH is 11. The molecular formula is C74H137NO18. The molecule has 3 rings (SSSR count). The molecule has 3 saturated heterocycles.